The van der Waals surface area contributed by atoms with Gasteiger partial charge in [0, 0.05) is 30.8 Å². The maximum Gasteiger partial charge on any atom is 0.231 e. The van der Waals surface area contributed by atoms with Gasteiger partial charge in [-0.1, -0.05) is 0 Å². The third kappa shape index (κ3) is 4.76. The first kappa shape index (κ1) is 18.7. The molecule has 0 aliphatic carbocycles. The summed E-state index contributed by atoms with van der Waals surface area (Å²) < 4.78 is 35.2. The highest BCUT2D eigenvalue weighted by Crippen LogP contribution is 2.34. The van der Waals surface area contributed by atoms with E-state index in [1.54, 1.807) is 18.2 Å². The van der Waals surface area contributed by atoms with Crippen molar-refractivity contribution in [3.05, 3.63) is 42.5 Å². The Morgan fingerprint density at radius 1 is 0.963 bits per heavy atom. The molecule has 8 nitrogen and oxygen atoms in total. The van der Waals surface area contributed by atoms with Crippen LogP contribution in [0, 0.1) is 0 Å². The van der Waals surface area contributed by atoms with Gasteiger partial charge in [-0.05, 0) is 36.4 Å². The zero-order chi connectivity index (χ0) is 19.4. The molecule has 0 spiro atoms. The molecule has 142 valence electrons. The van der Waals surface area contributed by atoms with Crippen LogP contribution in [0.3, 0.4) is 0 Å². The first-order chi connectivity index (χ1) is 12.8. The molecule has 0 radical (unpaired) electrons. The average molecular weight is 390 g/mol. The molecule has 2 amide bonds. The Labute approximate surface area is 156 Å². The minimum Gasteiger partial charge on any atom is -0.454 e. The van der Waals surface area contributed by atoms with Gasteiger partial charge in [0.25, 0.3) is 0 Å². The quantitative estimate of drug-likeness (QED) is 0.782. The zero-order valence-corrected chi connectivity index (χ0v) is 15.3. The number of amides is 2. The number of ether oxygens (including phenoxy) is 2. The van der Waals surface area contributed by atoms with Crippen LogP contribution in [-0.4, -0.2) is 32.8 Å². The predicted molar refractivity (Wildman–Crippen MR) is 98.6 cm³/mol. The second-order valence-electron chi connectivity index (χ2n) is 5.89. The Kier molecular flexibility index (Phi) is 5.31. The maximum atomic E-state index is 12.4. The predicted octanol–water partition coefficient (Wildman–Crippen LogP) is 2.18. The molecule has 0 aromatic heterocycles. The van der Waals surface area contributed by atoms with Gasteiger partial charge in [0.1, 0.15) is 0 Å². The summed E-state index contributed by atoms with van der Waals surface area (Å²) in [7, 11) is -3.62. The number of carbonyl (C=O) groups is 2. The van der Waals surface area contributed by atoms with Gasteiger partial charge in [-0.3, -0.25) is 9.59 Å². The van der Waals surface area contributed by atoms with E-state index in [4.69, 9.17) is 9.47 Å². The van der Waals surface area contributed by atoms with Crippen molar-refractivity contribution in [2.24, 2.45) is 0 Å². The third-order valence-corrected chi connectivity index (χ3v) is 5.52. The normalized spacial score (nSPS) is 12.5. The molecule has 9 heteroatoms. The van der Waals surface area contributed by atoms with Crippen molar-refractivity contribution in [1.29, 1.82) is 0 Å². The van der Waals surface area contributed by atoms with E-state index in [1.165, 1.54) is 31.2 Å². The Hall–Kier alpha value is -3.07. The van der Waals surface area contributed by atoms with Gasteiger partial charge >= 0.3 is 0 Å². The van der Waals surface area contributed by atoms with Crippen LogP contribution in [-0.2, 0) is 19.4 Å². The number of benzene rings is 2. The molecule has 0 saturated heterocycles. The third-order valence-electron chi connectivity index (χ3n) is 3.79. The molecule has 27 heavy (non-hydrogen) atoms. The number of carbonyl (C=O) groups excluding carboxylic acids is 2. The van der Waals surface area contributed by atoms with E-state index in [9.17, 15) is 18.0 Å². The van der Waals surface area contributed by atoms with Crippen LogP contribution < -0.4 is 20.1 Å². The fraction of sp³-hybridized carbons (Fsp3) is 0.222. The van der Waals surface area contributed by atoms with Crippen molar-refractivity contribution in [3.63, 3.8) is 0 Å². The summed E-state index contributed by atoms with van der Waals surface area (Å²) in [6.07, 6.45) is -0.190. The van der Waals surface area contributed by atoms with Crippen LogP contribution in [0.5, 0.6) is 11.5 Å². The number of anilines is 2. The highest BCUT2D eigenvalue weighted by Gasteiger charge is 2.18. The highest BCUT2D eigenvalue weighted by atomic mass is 32.2. The molecular formula is C18H18N2O6S. The molecule has 0 saturated carbocycles. The molecule has 0 fully saturated rings. The van der Waals surface area contributed by atoms with E-state index in [-0.39, 0.29) is 29.8 Å². The largest absolute Gasteiger partial charge is 0.454 e. The van der Waals surface area contributed by atoms with Crippen molar-refractivity contribution in [2.75, 3.05) is 23.2 Å². The number of hydrogen-bond acceptors (Lipinski definition) is 6. The minimum atomic E-state index is -3.62. The van der Waals surface area contributed by atoms with Gasteiger partial charge in [0.05, 0.1) is 10.6 Å². The number of fused-ring (bicyclic) bond motifs is 1. The fourth-order valence-corrected chi connectivity index (χ4v) is 3.73. The SMILES string of the molecule is CC(=O)Nc1ccc(S(=O)(=O)CCC(=O)Nc2ccc3c(c2)OCO3)cc1. The highest BCUT2D eigenvalue weighted by molar-refractivity contribution is 7.91. The van der Waals surface area contributed by atoms with Crippen molar-refractivity contribution in [2.45, 2.75) is 18.2 Å². The van der Waals surface area contributed by atoms with E-state index < -0.39 is 15.7 Å². The summed E-state index contributed by atoms with van der Waals surface area (Å²) in [6.45, 7) is 1.50. The summed E-state index contributed by atoms with van der Waals surface area (Å²) in [5, 5.41) is 5.20. The minimum absolute atomic E-state index is 0.0903. The molecule has 2 aromatic rings. The average Bonchev–Trinajstić information content (AvgIpc) is 3.08. The van der Waals surface area contributed by atoms with Gasteiger partial charge < -0.3 is 20.1 Å². The van der Waals surface area contributed by atoms with Crippen molar-refractivity contribution in [3.8, 4) is 11.5 Å². The lowest BCUT2D eigenvalue weighted by Gasteiger charge is -2.08. The van der Waals surface area contributed by atoms with Crippen molar-refractivity contribution < 1.29 is 27.5 Å². The monoisotopic (exact) mass is 390 g/mol. The number of rotatable bonds is 6. The van der Waals surface area contributed by atoms with E-state index in [1.807, 2.05) is 0 Å². The standard InChI is InChI=1S/C18H18N2O6S/c1-12(21)19-13-2-5-15(6-3-13)27(23,24)9-8-18(22)20-14-4-7-16-17(10-14)26-11-25-16/h2-7,10H,8-9,11H2,1H3,(H,19,21)(H,20,22). The summed E-state index contributed by atoms with van der Waals surface area (Å²) in [5.41, 5.74) is 1.00. The Balaban J connectivity index is 1.58. The van der Waals surface area contributed by atoms with Crippen LogP contribution in [0.15, 0.2) is 47.4 Å². The lowest BCUT2D eigenvalue weighted by molar-refractivity contribution is -0.116. The first-order valence-electron chi connectivity index (χ1n) is 8.13. The summed E-state index contributed by atoms with van der Waals surface area (Å²) in [6, 6.07) is 10.7. The molecule has 0 atom stereocenters. The lowest BCUT2D eigenvalue weighted by atomic mass is 10.2. The zero-order valence-electron chi connectivity index (χ0n) is 14.5. The van der Waals surface area contributed by atoms with E-state index in [0.717, 1.165) is 0 Å². The molecule has 0 bridgehead atoms. The van der Waals surface area contributed by atoms with Crippen LogP contribution in [0.4, 0.5) is 11.4 Å². The second-order valence-corrected chi connectivity index (χ2v) is 8.00. The Bertz CT molecular complexity index is 970. The summed E-state index contributed by atoms with van der Waals surface area (Å²) >= 11 is 0. The Morgan fingerprint density at radius 2 is 1.63 bits per heavy atom. The molecular weight excluding hydrogens is 372 g/mol. The van der Waals surface area contributed by atoms with Gasteiger partial charge in [-0.2, -0.15) is 0 Å². The maximum absolute atomic E-state index is 12.4. The van der Waals surface area contributed by atoms with Crippen LogP contribution >= 0.6 is 0 Å². The van der Waals surface area contributed by atoms with Crippen molar-refractivity contribution in [1.82, 2.24) is 0 Å². The molecule has 2 N–H and O–H groups in total. The van der Waals surface area contributed by atoms with Gasteiger partial charge in [0.15, 0.2) is 21.3 Å². The van der Waals surface area contributed by atoms with E-state index >= 15 is 0 Å². The lowest BCUT2D eigenvalue weighted by Crippen LogP contribution is -2.17. The van der Waals surface area contributed by atoms with Crippen LogP contribution in [0.1, 0.15) is 13.3 Å². The Morgan fingerprint density at radius 3 is 2.33 bits per heavy atom. The summed E-state index contributed by atoms with van der Waals surface area (Å²) in [4.78, 5) is 23.2. The van der Waals surface area contributed by atoms with E-state index in [2.05, 4.69) is 10.6 Å². The fourth-order valence-electron chi connectivity index (χ4n) is 2.49. The summed E-state index contributed by atoms with van der Waals surface area (Å²) in [5.74, 6) is 0.124. The molecule has 1 heterocycles. The molecule has 3 rings (SSSR count). The van der Waals surface area contributed by atoms with E-state index in [0.29, 0.717) is 22.9 Å². The van der Waals surface area contributed by atoms with Gasteiger partial charge in [0.2, 0.25) is 18.6 Å². The van der Waals surface area contributed by atoms with Crippen LogP contribution in [0.25, 0.3) is 0 Å². The van der Waals surface area contributed by atoms with Crippen LogP contribution in [0.2, 0.25) is 0 Å². The van der Waals surface area contributed by atoms with Crippen molar-refractivity contribution >= 4 is 33.0 Å². The molecule has 1 aliphatic rings. The number of sulfone groups is 1. The topological polar surface area (TPSA) is 111 Å². The molecule has 1 aliphatic heterocycles. The molecule has 2 aromatic carbocycles. The second kappa shape index (κ2) is 7.67. The molecule has 0 unspecified atom stereocenters. The van der Waals surface area contributed by atoms with Gasteiger partial charge in [-0.15, -0.1) is 0 Å². The number of nitrogens with one attached hydrogen (secondary N) is 2. The number of hydrogen-bond donors (Lipinski definition) is 2. The van der Waals surface area contributed by atoms with Gasteiger partial charge in [-0.25, -0.2) is 8.42 Å². The first-order valence-corrected chi connectivity index (χ1v) is 9.79. The smallest absolute Gasteiger partial charge is 0.231 e.